The molecular formula is C24H24Cl2N2O7S. The van der Waals surface area contributed by atoms with Gasteiger partial charge in [-0.15, -0.1) is 0 Å². The maximum absolute atomic E-state index is 13.9. The summed E-state index contributed by atoms with van der Waals surface area (Å²) in [7, 11) is 1.32. The van der Waals surface area contributed by atoms with E-state index in [0.717, 1.165) is 4.31 Å². The molecular weight excluding hydrogens is 531 g/mol. The van der Waals surface area contributed by atoms with Gasteiger partial charge in [-0.05, 0) is 36.4 Å². The Kier molecular flexibility index (Phi) is 8.78. The lowest BCUT2D eigenvalue weighted by Crippen LogP contribution is -2.38. The van der Waals surface area contributed by atoms with Gasteiger partial charge in [0.2, 0.25) is 5.91 Å². The lowest BCUT2D eigenvalue weighted by molar-refractivity contribution is -0.114. The number of nitrogens with zero attached hydrogens (tertiary/aromatic N) is 1. The first-order chi connectivity index (χ1) is 17.2. The molecule has 3 aromatic rings. The zero-order chi connectivity index (χ0) is 26.5. The van der Waals surface area contributed by atoms with Crippen LogP contribution in [0.3, 0.4) is 0 Å². The summed E-state index contributed by atoms with van der Waals surface area (Å²) in [4.78, 5) is 12.9. The number of nitrogens with one attached hydrogen (secondary N) is 1. The van der Waals surface area contributed by atoms with Gasteiger partial charge in [0.05, 0.1) is 54.8 Å². The summed E-state index contributed by atoms with van der Waals surface area (Å²) in [5.74, 6) is 0.430. The quantitative estimate of drug-likeness (QED) is 0.381. The molecule has 0 bridgehead atoms. The fourth-order valence-corrected chi connectivity index (χ4v) is 5.10. The highest BCUT2D eigenvalue weighted by Crippen LogP contribution is 2.38. The van der Waals surface area contributed by atoms with Gasteiger partial charge in [-0.2, -0.15) is 0 Å². The fourth-order valence-electron chi connectivity index (χ4n) is 3.32. The van der Waals surface area contributed by atoms with Crippen molar-refractivity contribution in [3.8, 4) is 23.0 Å². The number of ether oxygens (including phenoxy) is 4. The number of halogens is 2. The van der Waals surface area contributed by atoms with Gasteiger partial charge in [0, 0.05) is 12.1 Å². The lowest BCUT2D eigenvalue weighted by atomic mass is 10.2. The largest absolute Gasteiger partial charge is 0.497 e. The zero-order valence-corrected chi connectivity index (χ0v) is 22.2. The van der Waals surface area contributed by atoms with Gasteiger partial charge in [0.15, 0.2) is 11.5 Å². The van der Waals surface area contributed by atoms with Crippen LogP contribution in [0.5, 0.6) is 23.0 Å². The second-order valence-electron chi connectivity index (χ2n) is 7.22. The number of hydrogen-bond acceptors (Lipinski definition) is 7. The van der Waals surface area contributed by atoms with Crippen LogP contribution in [0.4, 0.5) is 11.4 Å². The SMILES string of the molecule is COc1ccc(OC)c(N(CC(=O)Nc2cccc(Cl)c2Cl)S(=O)(=O)c2ccc(OC)c(OC)c2)c1. The van der Waals surface area contributed by atoms with Gasteiger partial charge in [-0.25, -0.2) is 8.42 Å². The second-order valence-corrected chi connectivity index (χ2v) is 9.86. The van der Waals surface area contributed by atoms with Crippen molar-refractivity contribution in [2.45, 2.75) is 4.90 Å². The normalized spacial score (nSPS) is 10.9. The molecule has 0 aliphatic carbocycles. The third kappa shape index (κ3) is 5.72. The second kappa shape index (κ2) is 11.6. The molecule has 0 radical (unpaired) electrons. The number of hydrogen-bond donors (Lipinski definition) is 1. The minimum Gasteiger partial charge on any atom is -0.497 e. The van der Waals surface area contributed by atoms with Crippen LogP contribution in [-0.2, 0) is 14.8 Å². The van der Waals surface area contributed by atoms with Crippen molar-refractivity contribution in [3.05, 3.63) is 64.6 Å². The maximum atomic E-state index is 13.9. The molecule has 0 fully saturated rings. The molecule has 192 valence electrons. The third-order valence-electron chi connectivity index (χ3n) is 5.11. The first-order valence-corrected chi connectivity index (χ1v) is 12.6. The summed E-state index contributed by atoms with van der Waals surface area (Å²) < 4.78 is 49.8. The van der Waals surface area contributed by atoms with E-state index in [9.17, 15) is 13.2 Å². The number of methoxy groups -OCH3 is 4. The van der Waals surface area contributed by atoms with Crippen molar-refractivity contribution >= 4 is 50.5 Å². The number of carbonyl (C=O) groups is 1. The van der Waals surface area contributed by atoms with Crippen molar-refractivity contribution in [1.29, 1.82) is 0 Å². The van der Waals surface area contributed by atoms with Gasteiger partial charge in [0.1, 0.15) is 18.0 Å². The van der Waals surface area contributed by atoms with E-state index in [1.54, 1.807) is 24.3 Å². The molecule has 9 nitrogen and oxygen atoms in total. The number of rotatable bonds is 10. The van der Waals surface area contributed by atoms with E-state index in [0.29, 0.717) is 11.5 Å². The summed E-state index contributed by atoms with van der Waals surface area (Å²) in [5.41, 5.74) is 0.314. The van der Waals surface area contributed by atoms with E-state index in [1.165, 1.54) is 58.8 Å². The smallest absolute Gasteiger partial charge is 0.265 e. The Labute approximate surface area is 219 Å². The molecule has 0 aromatic heterocycles. The van der Waals surface area contributed by atoms with Crippen LogP contribution in [0.2, 0.25) is 10.0 Å². The van der Waals surface area contributed by atoms with Crippen LogP contribution in [0.25, 0.3) is 0 Å². The monoisotopic (exact) mass is 554 g/mol. The Morgan fingerprint density at radius 3 is 2.17 bits per heavy atom. The topological polar surface area (TPSA) is 103 Å². The fraction of sp³-hybridized carbons (Fsp3) is 0.208. The minimum absolute atomic E-state index is 0.0824. The number of amides is 1. The molecule has 0 heterocycles. The van der Waals surface area contributed by atoms with Crippen LogP contribution in [0.1, 0.15) is 0 Å². The third-order valence-corrected chi connectivity index (χ3v) is 7.69. The van der Waals surface area contributed by atoms with Gasteiger partial charge < -0.3 is 24.3 Å². The highest BCUT2D eigenvalue weighted by Gasteiger charge is 2.31. The average Bonchev–Trinajstić information content (AvgIpc) is 2.88. The lowest BCUT2D eigenvalue weighted by Gasteiger charge is -2.26. The number of benzene rings is 3. The standard InChI is InChI=1S/C24H24Cl2N2O7S/c1-32-15-8-10-20(33-2)19(12-15)28(14-23(29)27-18-7-5-6-17(25)24(18)26)36(30,31)16-9-11-21(34-3)22(13-16)35-4/h5-13H,14H2,1-4H3,(H,27,29). The van der Waals surface area contributed by atoms with Crippen molar-refractivity contribution in [3.63, 3.8) is 0 Å². The Hall–Kier alpha value is -3.34. The van der Waals surface area contributed by atoms with Crippen LogP contribution < -0.4 is 28.6 Å². The summed E-state index contributed by atoms with van der Waals surface area (Å²) in [5, 5.41) is 2.96. The molecule has 0 saturated carbocycles. The van der Waals surface area contributed by atoms with E-state index in [-0.39, 0.29) is 37.8 Å². The number of anilines is 2. The molecule has 0 saturated heterocycles. The van der Waals surface area contributed by atoms with Crippen LogP contribution >= 0.6 is 23.2 Å². The predicted octanol–water partition coefficient (Wildman–Crippen LogP) is 4.86. The Morgan fingerprint density at radius 1 is 0.861 bits per heavy atom. The molecule has 0 aliphatic heterocycles. The first kappa shape index (κ1) is 27.3. The highest BCUT2D eigenvalue weighted by molar-refractivity contribution is 7.92. The number of carbonyl (C=O) groups excluding carboxylic acids is 1. The molecule has 3 rings (SSSR count). The van der Waals surface area contributed by atoms with Gasteiger partial charge in [0.25, 0.3) is 10.0 Å². The summed E-state index contributed by atoms with van der Waals surface area (Å²) in [6.45, 7) is -0.622. The van der Waals surface area contributed by atoms with Crippen LogP contribution in [0.15, 0.2) is 59.5 Å². The Morgan fingerprint density at radius 2 is 1.53 bits per heavy atom. The molecule has 36 heavy (non-hydrogen) atoms. The molecule has 1 N–H and O–H groups in total. The molecule has 3 aromatic carbocycles. The van der Waals surface area contributed by atoms with E-state index in [4.69, 9.17) is 42.1 Å². The molecule has 0 spiro atoms. The van der Waals surface area contributed by atoms with Crippen molar-refractivity contribution in [2.24, 2.45) is 0 Å². The zero-order valence-electron chi connectivity index (χ0n) is 19.9. The van der Waals surface area contributed by atoms with E-state index in [2.05, 4.69) is 5.32 Å². The van der Waals surface area contributed by atoms with E-state index >= 15 is 0 Å². The highest BCUT2D eigenvalue weighted by atomic mass is 35.5. The van der Waals surface area contributed by atoms with Gasteiger partial charge in [-0.1, -0.05) is 29.3 Å². The number of sulfonamides is 1. The minimum atomic E-state index is -4.33. The molecule has 1 amide bonds. The van der Waals surface area contributed by atoms with Gasteiger partial charge in [-0.3, -0.25) is 9.10 Å². The average molecular weight is 555 g/mol. The molecule has 12 heteroatoms. The maximum Gasteiger partial charge on any atom is 0.265 e. The van der Waals surface area contributed by atoms with E-state index in [1.807, 2.05) is 0 Å². The first-order valence-electron chi connectivity index (χ1n) is 10.4. The van der Waals surface area contributed by atoms with E-state index < -0.39 is 22.5 Å². The van der Waals surface area contributed by atoms with Crippen molar-refractivity contribution < 1.29 is 32.2 Å². The Balaban J connectivity index is 2.11. The predicted molar refractivity (Wildman–Crippen MR) is 139 cm³/mol. The molecule has 0 unspecified atom stereocenters. The van der Waals surface area contributed by atoms with Crippen molar-refractivity contribution in [1.82, 2.24) is 0 Å². The molecule has 0 aliphatic rings. The summed E-state index contributed by atoms with van der Waals surface area (Å²) >= 11 is 12.2. The summed E-state index contributed by atoms with van der Waals surface area (Å²) in [6.07, 6.45) is 0. The van der Waals surface area contributed by atoms with Crippen LogP contribution in [-0.4, -0.2) is 49.3 Å². The van der Waals surface area contributed by atoms with Crippen molar-refractivity contribution in [2.75, 3.05) is 44.6 Å². The molecule has 0 atom stereocenters. The Bertz CT molecular complexity index is 1370. The summed E-state index contributed by atoms with van der Waals surface area (Å²) in [6, 6.07) is 13.4. The van der Waals surface area contributed by atoms with Crippen LogP contribution in [0, 0.1) is 0 Å². The van der Waals surface area contributed by atoms with Gasteiger partial charge >= 0.3 is 0 Å².